The van der Waals surface area contributed by atoms with Gasteiger partial charge < -0.3 is 5.32 Å². The summed E-state index contributed by atoms with van der Waals surface area (Å²) in [6.07, 6.45) is 5.47. The lowest BCUT2D eigenvalue weighted by atomic mass is 9.77. The number of rotatable bonds is 4. The SMILES string of the molecule is CNCc1csc(C2CCC(C(C)C)CC2)n1. The Morgan fingerprint density at radius 3 is 2.65 bits per heavy atom. The van der Waals surface area contributed by atoms with Gasteiger partial charge in [-0.1, -0.05) is 13.8 Å². The predicted molar refractivity (Wildman–Crippen MR) is 74.4 cm³/mol. The van der Waals surface area contributed by atoms with Gasteiger partial charge in [-0.25, -0.2) is 4.98 Å². The van der Waals surface area contributed by atoms with Crippen molar-refractivity contribution >= 4 is 11.3 Å². The Kier molecular flexibility index (Phi) is 4.57. The second kappa shape index (κ2) is 5.96. The average molecular weight is 252 g/mol. The highest BCUT2D eigenvalue weighted by Crippen LogP contribution is 2.39. The van der Waals surface area contributed by atoms with Crippen molar-refractivity contribution in [1.29, 1.82) is 0 Å². The predicted octanol–water partition coefficient (Wildman–Crippen LogP) is 3.79. The molecule has 0 saturated heterocycles. The molecule has 0 atom stereocenters. The summed E-state index contributed by atoms with van der Waals surface area (Å²) in [6, 6.07) is 0. The first-order valence-corrected chi connectivity index (χ1v) is 7.67. The van der Waals surface area contributed by atoms with Crippen molar-refractivity contribution in [3.8, 4) is 0 Å². The Hall–Kier alpha value is -0.410. The molecule has 1 fully saturated rings. The van der Waals surface area contributed by atoms with Crippen LogP contribution < -0.4 is 5.32 Å². The van der Waals surface area contributed by atoms with Gasteiger partial charge in [-0.2, -0.15) is 0 Å². The first-order valence-electron chi connectivity index (χ1n) is 6.79. The molecule has 1 heterocycles. The van der Waals surface area contributed by atoms with Crippen LogP contribution in [0, 0.1) is 11.8 Å². The summed E-state index contributed by atoms with van der Waals surface area (Å²) in [4.78, 5) is 4.75. The molecule has 1 aliphatic rings. The molecule has 0 aliphatic heterocycles. The van der Waals surface area contributed by atoms with Gasteiger partial charge in [0.1, 0.15) is 0 Å². The molecule has 1 saturated carbocycles. The van der Waals surface area contributed by atoms with Crippen molar-refractivity contribution in [2.75, 3.05) is 7.05 Å². The molecule has 0 unspecified atom stereocenters. The summed E-state index contributed by atoms with van der Waals surface area (Å²) < 4.78 is 0. The number of hydrogen-bond acceptors (Lipinski definition) is 3. The third-order valence-electron chi connectivity index (χ3n) is 3.99. The summed E-state index contributed by atoms with van der Waals surface area (Å²) >= 11 is 1.85. The van der Waals surface area contributed by atoms with Crippen molar-refractivity contribution in [3.05, 3.63) is 16.1 Å². The van der Waals surface area contributed by atoms with Crippen LogP contribution in [0.5, 0.6) is 0 Å². The highest BCUT2D eigenvalue weighted by atomic mass is 32.1. The number of nitrogens with zero attached hydrogens (tertiary/aromatic N) is 1. The van der Waals surface area contributed by atoms with Crippen LogP contribution in [0.25, 0.3) is 0 Å². The molecule has 2 nitrogen and oxygen atoms in total. The van der Waals surface area contributed by atoms with Crippen molar-refractivity contribution in [3.63, 3.8) is 0 Å². The minimum Gasteiger partial charge on any atom is -0.314 e. The third-order valence-corrected chi connectivity index (χ3v) is 5.05. The zero-order valence-corrected chi connectivity index (χ0v) is 12.0. The Balaban J connectivity index is 1.91. The van der Waals surface area contributed by atoms with E-state index in [1.54, 1.807) is 0 Å². The molecule has 17 heavy (non-hydrogen) atoms. The quantitative estimate of drug-likeness (QED) is 0.882. The molecule has 0 aromatic carbocycles. The smallest absolute Gasteiger partial charge is 0.0959 e. The van der Waals surface area contributed by atoms with E-state index in [2.05, 4.69) is 24.5 Å². The van der Waals surface area contributed by atoms with Gasteiger partial charge in [0.2, 0.25) is 0 Å². The van der Waals surface area contributed by atoms with E-state index in [-0.39, 0.29) is 0 Å². The first kappa shape index (κ1) is 13.0. The lowest BCUT2D eigenvalue weighted by Gasteiger charge is -2.29. The van der Waals surface area contributed by atoms with Crippen molar-refractivity contribution in [2.24, 2.45) is 11.8 Å². The Bertz CT molecular complexity index is 338. The monoisotopic (exact) mass is 252 g/mol. The van der Waals surface area contributed by atoms with Gasteiger partial charge in [-0.3, -0.25) is 0 Å². The van der Waals surface area contributed by atoms with Crippen LogP contribution in [0.1, 0.15) is 56.2 Å². The van der Waals surface area contributed by atoms with Gasteiger partial charge in [0, 0.05) is 17.8 Å². The van der Waals surface area contributed by atoms with Crippen molar-refractivity contribution in [2.45, 2.75) is 52.0 Å². The molecule has 3 heteroatoms. The zero-order valence-electron chi connectivity index (χ0n) is 11.2. The number of thiazole rings is 1. The standard InChI is InChI=1S/C14H24N2S/c1-10(2)11-4-6-12(7-5-11)14-16-13(8-15-3)9-17-14/h9-12,15H,4-8H2,1-3H3. The highest BCUT2D eigenvalue weighted by molar-refractivity contribution is 7.09. The van der Waals surface area contributed by atoms with E-state index in [4.69, 9.17) is 4.98 Å². The lowest BCUT2D eigenvalue weighted by molar-refractivity contribution is 0.258. The number of nitrogens with one attached hydrogen (secondary N) is 1. The van der Waals surface area contributed by atoms with Gasteiger partial charge in [-0.15, -0.1) is 11.3 Å². The van der Waals surface area contributed by atoms with Gasteiger partial charge in [0.15, 0.2) is 0 Å². The molecular formula is C14H24N2S. The van der Waals surface area contributed by atoms with Crippen molar-refractivity contribution in [1.82, 2.24) is 10.3 Å². The maximum atomic E-state index is 4.75. The van der Waals surface area contributed by atoms with E-state index in [1.165, 1.54) is 36.4 Å². The molecule has 0 radical (unpaired) electrons. The van der Waals surface area contributed by atoms with Gasteiger partial charge >= 0.3 is 0 Å². The van der Waals surface area contributed by atoms with Crippen LogP contribution in [0.4, 0.5) is 0 Å². The summed E-state index contributed by atoms with van der Waals surface area (Å²) in [5, 5.41) is 6.75. The van der Waals surface area contributed by atoms with Crippen LogP contribution >= 0.6 is 11.3 Å². The van der Waals surface area contributed by atoms with E-state index in [0.29, 0.717) is 0 Å². The fourth-order valence-corrected chi connectivity index (χ4v) is 3.80. The second-order valence-corrected chi connectivity index (χ2v) is 6.45. The lowest BCUT2D eigenvalue weighted by Crippen LogP contribution is -2.17. The summed E-state index contributed by atoms with van der Waals surface area (Å²) in [5.41, 5.74) is 1.21. The van der Waals surface area contributed by atoms with Crippen LogP contribution in [-0.2, 0) is 6.54 Å². The average Bonchev–Trinajstić information content (AvgIpc) is 2.78. The largest absolute Gasteiger partial charge is 0.314 e. The molecule has 1 N–H and O–H groups in total. The minimum absolute atomic E-state index is 0.737. The summed E-state index contributed by atoms with van der Waals surface area (Å²) in [6.45, 7) is 5.62. The van der Waals surface area contributed by atoms with Crippen molar-refractivity contribution < 1.29 is 0 Å². The molecule has 1 aliphatic carbocycles. The molecule has 1 aromatic heterocycles. The Labute approximate surface area is 109 Å². The third kappa shape index (κ3) is 3.29. The van der Waals surface area contributed by atoms with E-state index < -0.39 is 0 Å². The van der Waals surface area contributed by atoms with Gasteiger partial charge in [0.25, 0.3) is 0 Å². The number of aromatic nitrogens is 1. The minimum atomic E-state index is 0.737. The van der Waals surface area contributed by atoms with Crippen LogP contribution in [-0.4, -0.2) is 12.0 Å². The van der Waals surface area contributed by atoms with Crippen LogP contribution in [0.3, 0.4) is 0 Å². The molecule has 0 bridgehead atoms. The second-order valence-electron chi connectivity index (χ2n) is 5.56. The topological polar surface area (TPSA) is 24.9 Å². The van der Waals surface area contributed by atoms with E-state index in [0.717, 1.165) is 24.3 Å². The fourth-order valence-electron chi connectivity index (χ4n) is 2.81. The van der Waals surface area contributed by atoms with Gasteiger partial charge in [0.05, 0.1) is 10.7 Å². The first-order chi connectivity index (χ1) is 8.20. The summed E-state index contributed by atoms with van der Waals surface area (Å²) in [7, 11) is 1.98. The van der Waals surface area contributed by atoms with E-state index in [9.17, 15) is 0 Å². The normalized spacial score (nSPS) is 25.4. The molecule has 0 spiro atoms. The van der Waals surface area contributed by atoms with E-state index >= 15 is 0 Å². The van der Waals surface area contributed by atoms with Gasteiger partial charge in [-0.05, 0) is 44.6 Å². The van der Waals surface area contributed by atoms with Crippen LogP contribution in [0.2, 0.25) is 0 Å². The maximum absolute atomic E-state index is 4.75. The fraction of sp³-hybridized carbons (Fsp3) is 0.786. The molecule has 2 rings (SSSR count). The summed E-state index contributed by atoms with van der Waals surface area (Å²) in [5.74, 6) is 2.54. The van der Waals surface area contributed by atoms with Crippen LogP contribution in [0.15, 0.2) is 5.38 Å². The zero-order chi connectivity index (χ0) is 12.3. The molecule has 1 aromatic rings. The molecule has 0 amide bonds. The maximum Gasteiger partial charge on any atom is 0.0959 e. The Morgan fingerprint density at radius 1 is 1.35 bits per heavy atom. The molecule has 96 valence electrons. The number of hydrogen-bond donors (Lipinski definition) is 1. The molecular weight excluding hydrogens is 228 g/mol. The Morgan fingerprint density at radius 2 is 2.06 bits per heavy atom. The van der Waals surface area contributed by atoms with E-state index in [1.807, 2.05) is 18.4 Å². The highest BCUT2D eigenvalue weighted by Gasteiger charge is 2.25.